The van der Waals surface area contributed by atoms with Gasteiger partial charge in [0.15, 0.2) is 9.84 Å². The van der Waals surface area contributed by atoms with Crippen molar-refractivity contribution in [2.45, 2.75) is 37.5 Å². The number of aliphatic hydroxyl groups is 1. The molecule has 1 aromatic rings. The molecular weight excluding hydrogens is 324 g/mol. The third-order valence-corrected chi connectivity index (χ3v) is 7.63. The normalized spacial score (nSPS) is 25.7. The molecule has 0 aromatic carbocycles. The van der Waals surface area contributed by atoms with Crippen molar-refractivity contribution < 1.29 is 13.5 Å². The second-order valence-electron chi connectivity index (χ2n) is 4.40. The molecule has 0 radical (unpaired) electrons. The van der Waals surface area contributed by atoms with Crippen LogP contribution in [0, 0.1) is 6.92 Å². The van der Waals surface area contributed by atoms with Crippen LogP contribution in [0.5, 0.6) is 0 Å². The number of aliphatic hydroxyl groups excluding tert-OH is 1. The minimum Gasteiger partial charge on any atom is -0.386 e. The standard InChI is InChI=1S/C11H15BrO3S2/c1-7-8(12)6-9(16-7)11(13)10-4-2-3-5-17(10,14)15/h6,10-11,13H,2-5H2,1H3. The number of thiophene rings is 1. The van der Waals surface area contributed by atoms with Crippen LogP contribution in [0.15, 0.2) is 10.5 Å². The number of hydrogen-bond donors (Lipinski definition) is 1. The molecule has 96 valence electrons. The molecule has 1 fully saturated rings. The molecular formula is C11H15BrO3S2. The molecule has 0 bridgehead atoms. The van der Waals surface area contributed by atoms with Crippen LogP contribution in [-0.4, -0.2) is 24.5 Å². The maximum Gasteiger partial charge on any atom is 0.156 e. The first kappa shape index (κ1) is 13.5. The minimum absolute atomic E-state index is 0.209. The van der Waals surface area contributed by atoms with Crippen molar-refractivity contribution in [2.24, 2.45) is 0 Å². The molecule has 6 heteroatoms. The van der Waals surface area contributed by atoms with Gasteiger partial charge in [-0.3, -0.25) is 0 Å². The van der Waals surface area contributed by atoms with Gasteiger partial charge in [0.2, 0.25) is 0 Å². The van der Waals surface area contributed by atoms with Gasteiger partial charge < -0.3 is 5.11 Å². The summed E-state index contributed by atoms with van der Waals surface area (Å²) in [6, 6.07) is 1.83. The molecule has 1 N–H and O–H groups in total. The summed E-state index contributed by atoms with van der Waals surface area (Å²) in [4.78, 5) is 1.80. The van der Waals surface area contributed by atoms with Crippen LogP contribution in [0.1, 0.15) is 35.1 Å². The molecule has 0 spiro atoms. The zero-order chi connectivity index (χ0) is 12.6. The predicted molar refractivity (Wildman–Crippen MR) is 73.1 cm³/mol. The van der Waals surface area contributed by atoms with Gasteiger partial charge in [-0.2, -0.15) is 0 Å². The summed E-state index contributed by atoms with van der Waals surface area (Å²) in [6.07, 6.45) is 1.29. The van der Waals surface area contributed by atoms with E-state index in [9.17, 15) is 13.5 Å². The van der Waals surface area contributed by atoms with E-state index in [2.05, 4.69) is 15.9 Å². The van der Waals surface area contributed by atoms with E-state index in [4.69, 9.17) is 0 Å². The zero-order valence-corrected chi connectivity index (χ0v) is 12.7. The Morgan fingerprint density at radius 1 is 1.53 bits per heavy atom. The SMILES string of the molecule is Cc1sc(C(O)C2CCCCS2(=O)=O)cc1Br. The molecule has 2 unspecified atom stereocenters. The average molecular weight is 339 g/mol. The van der Waals surface area contributed by atoms with Crippen molar-refractivity contribution in [3.8, 4) is 0 Å². The van der Waals surface area contributed by atoms with Gasteiger partial charge in [0.05, 0.1) is 11.0 Å². The first-order chi connectivity index (χ1) is 7.92. The van der Waals surface area contributed by atoms with Crippen LogP contribution in [0.4, 0.5) is 0 Å². The molecule has 0 aliphatic carbocycles. The Bertz CT molecular complexity index is 487. The molecule has 3 nitrogen and oxygen atoms in total. The Morgan fingerprint density at radius 3 is 2.76 bits per heavy atom. The summed E-state index contributed by atoms with van der Waals surface area (Å²) in [6.45, 7) is 1.94. The Morgan fingerprint density at radius 2 is 2.24 bits per heavy atom. The van der Waals surface area contributed by atoms with Crippen molar-refractivity contribution >= 4 is 37.1 Å². The molecule has 0 amide bonds. The molecule has 1 aliphatic heterocycles. The molecule has 2 heterocycles. The van der Waals surface area contributed by atoms with E-state index in [1.807, 2.05) is 13.0 Å². The van der Waals surface area contributed by atoms with E-state index in [0.29, 0.717) is 6.42 Å². The lowest BCUT2D eigenvalue weighted by Gasteiger charge is -2.25. The second kappa shape index (κ2) is 4.99. The van der Waals surface area contributed by atoms with Crippen LogP contribution < -0.4 is 0 Å². The number of halogens is 1. The van der Waals surface area contributed by atoms with Crippen LogP contribution in [-0.2, 0) is 9.84 Å². The predicted octanol–water partition coefficient (Wildman–Crippen LogP) is 2.82. The minimum atomic E-state index is -3.13. The highest BCUT2D eigenvalue weighted by Crippen LogP contribution is 2.36. The smallest absolute Gasteiger partial charge is 0.156 e. The summed E-state index contributed by atoms with van der Waals surface area (Å²) in [5.74, 6) is 0.209. The van der Waals surface area contributed by atoms with Crippen LogP contribution in [0.25, 0.3) is 0 Å². The van der Waals surface area contributed by atoms with E-state index < -0.39 is 21.2 Å². The number of rotatable bonds is 2. The first-order valence-corrected chi connectivity index (χ1v) is 8.90. The largest absolute Gasteiger partial charge is 0.386 e. The summed E-state index contributed by atoms with van der Waals surface area (Å²) in [5, 5.41) is 9.61. The Balaban J connectivity index is 2.27. The molecule has 1 aliphatic rings. The Hall–Kier alpha value is 0.0900. The lowest BCUT2D eigenvalue weighted by molar-refractivity contribution is 0.168. The van der Waals surface area contributed by atoms with Crippen molar-refractivity contribution in [2.75, 3.05) is 5.75 Å². The monoisotopic (exact) mass is 338 g/mol. The van der Waals surface area contributed by atoms with Gasteiger partial charge in [0, 0.05) is 14.2 Å². The molecule has 0 saturated carbocycles. The van der Waals surface area contributed by atoms with Crippen LogP contribution in [0.2, 0.25) is 0 Å². The van der Waals surface area contributed by atoms with Crippen molar-refractivity contribution in [1.82, 2.24) is 0 Å². The lowest BCUT2D eigenvalue weighted by atomic mass is 10.1. The van der Waals surface area contributed by atoms with Gasteiger partial charge in [-0.1, -0.05) is 6.42 Å². The molecule has 1 aromatic heterocycles. The zero-order valence-electron chi connectivity index (χ0n) is 9.52. The van der Waals surface area contributed by atoms with E-state index in [0.717, 1.165) is 27.1 Å². The van der Waals surface area contributed by atoms with Gasteiger partial charge in [-0.25, -0.2) is 8.42 Å². The van der Waals surface area contributed by atoms with Crippen LogP contribution in [0.3, 0.4) is 0 Å². The van der Waals surface area contributed by atoms with E-state index in [-0.39, 0.29) is 5.75 Å². The molecule has 1 saturated heterocycles. The molecule has 17 heavy (non-hydrogen) atoms. The van der Waals surface area contributed by atoms with Gasteiger partial charge >= 0.3 is 0 Å². The highest BCUT2D eigenvalue weighted by atomic mass is 79.9. The highest BCUT2D eigenvalue weighted by Gasteiger charge is 2.36. The van der Waals surface area contributed by atoms with Gasteiger partial charge in [-0.15, -0.1) is 11.3 Å². The summed E-state index contributed by atoms with van der Waals surface area (Å²) in [7, 11) is -3.13. The summed E-state index contributed by atoms with van der Waals surface area (Å²) >= 11 is 4.84. The van der Waals surface area contributed by atoms with Gasteiger partial charge in [-0.05, 0) is 41.8 Å². The third-order valence-electron chi connectivity index (χ3n) is 3.15. The quantitative estimate of drug-likeness (QED) is 0.901. The highest BCUT2D eigenvalue weighted by molar-refractivity contribution is 9.10. The van der Waals surface area contributed by atoms with Crippen LogP contribution >= 0.6 is 27.3 Å². The number of hydrogen-bond acceptors (Lipinski definition) is 4. The van der Waals surface area contributed by atoms with Crippen molar-refractivity contribution in [1.29, 1.82) is 0 Å². The summed E-state index contributed by atoms with van der Waals surface area (Å²) < 4.78 is 24.8. The fraction of sp³-hybridized carbons (Fsp3) is 0.636. The fourth-order valence-corrected chi connectivity index (χ4v) is 5.82. The van der Waals surface area contributed by atoms with E-state index >= 15 is 0 Å². The van der Waals surface area contributed by atoms with Crippen molar-refractivity contribution in [3.05, 3.63) is 20.3 Å². The number of aryl methyl sites for hydroxylation is 1. The average Bonchev–Trinajstić information content (AvgIpc) is 2.58. The number of sulfone groups is 1. The molecule has 2 atom stereocenters. The maximum atomic E-state index is 11.9. The topological polar surface area (TPSA) is 54.4 Å². The summed E-state index contributed by atoms with van der Waals surface area (Å²) in [5.41, 5.74) is 0. The Labute approximate surface area is 114 Å². The van der Waals surface area contributed by atoms with E-state index in [1.165, 1.54) is 11.3 Å². The third kappa shape index (κ3) is 2.75. The van der Waals surface area contributed by atoms with Crippen molar-refractivity contribution in [3.63, 3.8) is 0 Å². The second-order valence-corrected chi connectivity index (χ2v) is 8.88. The maximum absolute atomic E-state index is 11.9. The van der Waals surface area contributed by atoms with Gasteiger partial charge in [0.1, 0.15) is 6.10 Å². The van der Waals surface area contributed by atoms with E-state index in [1.54, 1.807) is 0 Å². The first-order valence-electron chi connectivity index (χ1n) is 5.57. The Kier molecular flexibility index (Phi) is 3.97. The van der Waals surface area contributed by atoms with Gasteiger partial charge in [0.25, 0.3) is 0 Å². The lowest BCUT2D eigenvalue weighted by Crippen LogP contribution is -2.33. The fourth-order valence-electron chi connectivity index (χ4n) is 2.14. The molecule has 2 rings (SSSR count).